The molecule has 0 aromatic heterocycles. The van der Waals surface area contributed by atoms with Gasteiger partial charge in [0.15, 0.2) is 0 Å². The first-order chi connectivity index (χ1) is 3.50. The Balaban J connectivity index is 3.71. The van der Waals surface area contributed by atoms with Gasteiger partial charge in [-0.05, 0) is 0 Å². The first-order valence-corrected chi connectivity index (χ1v) is 2.15. The first kappa shape index (κ1) is 8.04. The van der Waals surface area contributed by atoms with Crippen LogP contribution in [0.4, 0.5) is 13.2 Å². The normalized spacial score (nSPS) is 18.8. The molecule has 0 aromatic carbocycles. The fourth-order valence-electron chi connectivity index (χ4n) is 0.0690. The maximum absolute atomic E-state index is 11.7. The second-order valence-electron chi connectivity index (χ2n) is 1.22. The van der Waals surface area contributed by atoms with Gasteiger partial charge in [0.2, 0.25) is 0 Å². The van der Waals surface area contributed by atoms with Crippen molar-refractivity contribution >= 4 is 11.6 Å². The molecule has 0 bridgehead atoms. The summed E-state index contributed by atoms with van der Waals surface area (Å²) in [7, 11) is 0. The number of rotatable bonds is 2. The minimum absolute atomic E-state index is 1.37. The Bertz CT molecular complexity index is 74.9. The van der Waals surface area contributed by atoms with Crippen LogP contribution in [0, 0.1) is 0 Å². The second-order valence-corrected chi connectivity index (χ2v) is 1.85. The van der Waals surface area contributed by atoms with E-state index in [-0.39, 0.29) is 0 Å². The lowest BCUT2D eigenvalue weighted by Gasteiger charge is -2.11. The third-order valence-corrected chi connectivity index (χ3v) is 0.815. The molecule has 8 heavy (non-hydrogen) atoms. The molecule has 1 nitrogen and oxygen atoms in total. The van der Waals surface area contributed by atoms with Gasteiger partial charge in [0, 0.05) is 0 Å². The summed E-state index contributed by atoms with van der Waals surface area (Å²) in [5, 5.41) is 4.51. The van der Waals surface area contributed by atoms with E-state index >= 15 is 0 Å². The molecule has 0 rings (SSSR count). The molecule has 0 heterocycles. The van der Waals surface area contributed by atoms with Crippen LogP contribution in [0.25, 0.3) is 0 Å². The van der Waals surface area contributed by atoms with Crippen LogP contribution in [0.15, 0.2) is 0 Å². The summed E-state index contributed by atoms with van der Waals surface area (Å²) in [6.07, 6.45) is -3.34. The van der Waals surface area contributed by atoms with Gasteiger partial charge in [-0.3, -0.25) is 0 Å². The van der Waals surface area contributed by atoms with Gasteiger partial charge in [0.1, 0.15) is 0 Å². The van der Waals surface area contributed by atoms with Crippen LogP contribution in [0.5, 0.6) is 0 Å². The maximum Gasteiger partial charge on any atom is 0.288 e. The van der Waals surface area contributed by atoms with Gasteiger partial charge in [-0.15, -0.1) is 0 Å². The van der Waals surface area contributed by atoms with Crippen molar-refractivity contribution < 1.29 is 18.3 Å². The van der Waals surface area contributed by atoms with Crippen LogP contribution in [-0.4, -0.2) is 23.3 Å². The van der Waals surface area contributed by atoms with E-state index in [0.29, 0.717) is 0 Å². The molecule has 0 fully saturated rings. The lowest BCUT2D eigenvalue weighted by molar-refractivity contribution is -0.0115. The topological polar surface area (TPSA) is 20.2 Å². The summed E-state index contributed by atoms with van der Waals surface area (Å²) < 4.78 is 34.0. The molecule has 0 radical (unpaired) electrons. The molecule has 0 saturated heterocycles. The van der Waals surface area contributed by atoms with E-state index in [9.17, 15) is 13.2 Å². The summed E-state index contributed by atoms with van der Waals surface area (Å²) in [6, 6.07) is 0. The third kappa shape index (κ3) is 1.88. The first-order valence-electron chi connectivity index (χ1n) is 1.77. The average Bonchev–Trinajstić information content (AvgIpc) is 1.67. The molecule has 5 heteroatoms. The van der Waals surface area contributed by atoms with Crippen LogP contribution in [0.1, 0.15) is 0 Å². The van der Waals surface area contributed by atoms with Crippen molar-refractivity contribution in [2.45, 2.75) is 11.6 Å². The molecule has 1 N–H and O–H groups in total. The SMILES string of the molecule is OCC(F)(Cl)C(F)F. The van der Waals surface area contributed by atoms with Gasteiger partial charge in [0.05, 0.1) is 6.61 Å². The van der Waals surface area contributed by atoms with E-state index in [1.165, 1.54) is 0 Å². The summed E-state index contributed by atoms with van der Waals surface area (Å²) >= 11 is 4.39. The van der Waals surface area contributed by atoms with E-state index in [1.807, 2.05) is 0 Å². The number of halogens is 4. The van der Waals surface area contributed by atoms with Crippen molar-refractivity contribution in [3.05, 3.63) is 0 Å². The van der Waals surface area contributed by atoms with Crippen LogP contribution < -0.4 is 0 Å². The van der Waals surface area contributed by atoms with E-state index in [0.717, 1.165) is 0 Å². The van der Waals surface area contributed by atoms with Crippen LogP contribution in [-0.2, 0) is 0 Å². The van der Waals surface area contributed by atoms with Crippen molar-refractivity contribution in [2.24, 2.45) is 0 Å². The number of alkyl halides is 4. The predicted molar refractivity (Wildman–Crippen MR) is 22.8 cm³/mol. The number of aliphatic hydroxyl groups excluding tert-OH is 1. The molecule has 0 aliphatic rings. The minimum Gasteiger partial charge on any atom is -0.391 e. The van der Waals surface area contributed by atoms with E-state index < -0.39 is 18.2 Å². The van der Waals surface area contributed by atoms with Crippen LogP contribution >= 0.6 is 11.6 Å². The molecule has 0 amide bonds. The van der Waals surface area contributed by atoms with Gasteiger partial charge >= 0.3 is 0 Å². The highest BCUT2D eigenvalue weighted by atomic mass is 35.5. The standard InChI is InChI=1S/C3H4ClF3O/c4-3(7,1-8)2(5)6/h2,8H,1H2. The third-order valence-electron chi connectivity index (χ3n) is 0.530. The zero-order valence-corrected chi connectivity index (χ0v) is 4.50. The smallest absolute Gasteiger partial charge is 0.288 e. The van der Waals surface area contributed by atoms with E-state index in [4.69, 9.17) is 5.11 Å². The zero-order chi connectivity index (χ0) is 6.78. The molecule has 0 aromatic rings. The molecule has 1 atom stereocenters. The Morgan fingerprint density at radius 2 is 2.00 bits per heavy atom. The fourth-order valence-corrected chi connectivity index (χ4v) is 0.0690. The summed E-state index contributed by atoms with van der Waals surface area (Å²) in [6.45, 7) is -1.37. The van der Waals surface area contributed by atoms with Gasteiger partial charge in [-0.25, -0.2) is 13.2 Å². The van der Waals surface area contributed by atoms with Crippen molar-refractivity contribution in [2.75, 3.05) is 6.61 Å². The Morgan fingerprint density at radius 3 is 2.00 bits per heavy atom. The Labute approximate surface area is 49.1 Å². The van der Waals surface area contributed by atoms with Gasteiger partial charge in [0.25, 0.3) is 11.6 Å². The fraction of sp³-hybridized carbons (Fsp3) is 1.00. The van der Waals surface area contributed by atoms with Gasteiger partial charge < -0.3 is 5.11 Å². The molecule has 0 saturated carbocycles. The largest absolute Gasteiger partial charge is 0.391 e. The summed E-state index contributed by atoms with van der Waals surface area (Å²) in [5.74, 6) is 0. The van der Waals surface area contributed by atoms with E-state index in [1.54, 1.807) is 0 Å². The molecular weight excluding hydrogens is 144 g/mol. The summed E-state index contributed by atoms with van der Waals surface area (Å²) in [4.78, 5) is 0. The van der Waals surface area contributed by atoms with Crippen molar-refractivity contribution in [1.29, 1.82) is 0 Å². The van der Waals surface area contributed by atoms with Crippen molar-refractivity contribution in [1.82, 2.24) is 0 Å². The lowest BCUT2D eigenvalue weighted by Crippen LogP contribution is -2.29. The average molecular weight is 149 g/mol. The molecule has 0 aliphatic carbocycles. The highest BCUT2D eigenvalue weighted by Gasteiger charge is 2.37. The highest BCUT2D eigenvalue weighted by Crippen LogP contribution is 2.24. The number of hydrogen-bond acceptors (Lipinski definition) is 1. The van der Waals surface area contributed by atoms with Gasteiger partial charge in [-0.1, -0.05) is 11.6 Å². The van der Waals surface area contributed by atoms with Gasteiger partial charge in [-0.2, -0.15) is 0 Å². The highest BCUT2D eigenvalue weighted by molar-refractivity contribution is 6.23. The minimum atomic E-state index is -3.34. The molecule has 0 aliphatic heterocycles. The number of hydrogen-bond donors (Lipinski definition) is 1. The maximum atomic E-state index is 11.7. The molecule has 1 unspecified atom stereocenters. The van der Waals surface area contributed by atoms with E-state index in [2.05, 4.69) is 11.6 Å². The second kappa shape index (κ2) is 2.55. The molecule has 0 spiro atoms. The monoisotopic (exact) mass is 148 g/mol. The van der Waals surface area contributed by atoms with Crippen LogP contribution in [0.3, 0.4) is 0 Å². The Hall–Kier alpha value is 0.0400. The zero-order valence-electron chi connectivity index (χ0n) is 3.74. The number of aliphatic hydroxyl groups is 1. The summed E-state index contributed by atoms with van der Waals surface area (Å²) in [5.41, 5.74) is 0. The Kier molecular flexibility index (Phi) is 2.56. The van der Waals surface area contributed by atoms with Crippen LogP contribution in [0.2, 0.25) is 0 Å². The van der Waals surface area contributed by atoms with Crippen molar-refractivity contribution in [3.63, 3.8) is 0 Å². The van der Waals surface area contributed by atoms with Crippen molar-refractivity contribution in [3.8, 4) is 0 Å². The Morgan fingerprint density at radius 1 is 1.62 bits per heavy atom. The predicted octanol–water partition coefficient (Wildman–Crippen LogP) is 1.15. The quantitative estimate of drug-likeness (QED) is 0.583. The lowest BCUT2D eigenvalue weighted by atomic mass is 10.4. The molecular formula is C3H4ClF3O. The molecule has 50 valence electrons.